The largest absolute Gasteiger partial charge is 0.445 e. The molecule has 0 aliphatic rings. The van der Waals surface area contributed by atoms with Crippen LogP contribution in [0.2, 0.25) is 0 Å². The zero-order chi connectivity index (χ0) is 14.6. The standard InChI is InChI=1S/C10H7Cl3N4O2S/c11-10(12,13)5-19-9(18)15-8-17-16-7(20-8)6-1-3-14-4-2-6/h1-4H,5H2,(H,15,17,18). The molecular weight excluding hydrogens is 347 g/mol. The molecule has 0 bridgehead atoms. The van der Waals surface area contributed by atoms with Gasteiger partial charge in [-0.3, -0.25) is 10.3 Å². The summed E-state index contributed by atoms with van der Waals surface area (Å²) in [5, 5.41) is 11.1. The molecule has 0 unspecified atom stereocenters. The first kappa shape index (κ1) is 15.2. The average Bonchev–Trinajstić information content (AvgIpc) is 2.85. The molecule has 20 heavy (non-hydrogen) atoms. The van der Waals surface area contributed by atoms with Crippen LogP contribution in [0.5, 0.6) is 0 Å². The lowest BCUT2D eigenvalue weighted by atomic mass is 10.3. The van der Waals surface area contributed by atoms with Gasteiger partial charge in [0.15, 0.2) is 0 Å². The molecule has 2 aromatic rings. The number of nitrogens with one attached hydrogen (secondary N) is 1. The molecule has 0 aromatic carbocycles. The summed E-state index contributed by atoms with van der Waals surface area (Å²) in [5.74, 6) is 0. The lowest BCUT2D eigenvalue weighted by Crippen LogP contribution is -2.21. The number of amides is 1. The number of hydrogen-bond donors (Lipinski definition) is 1. The Morgan fingerprint density at radius 1 is 1.30 bits per heavy atom. The maximum absolute atomic E-state index is 11.4. The zero-order valence-corrected chi connectivity index (χ0v) is 12.8. The minimum Gasteiger partial charge on any atom is -0.445 e. The number of hydrogen-bond acceptors (Lipinski definition) is 6. The van der Waals surface area contributed by atoms with Crippen LogP contribution < -0.4 is 5.32 Å². The van der Waals surface area contributed by atoms with E-state index >= 15 is 0 Å². The second-order valence-electron chi connectivity index (χ2n) is 3.46. The number of carbonyl (C=O) groups excluding carboxylic acids is 1. The van der Waals surface area contributed by atoms with Crippen LogP contribution in [-0.4, -0.2) is 31.7 Å². The molecule has 2 rings (SSSR count). The molecule has 0 spiro atoms. The summed E-state index contributed by atoms with van der Waals surface area (Å²) in [7, 11) is 0. The van der Waals surface area contributed by atoms with Gasteiger partial charge in [-0.1, -0.05) is 46.1 Å². The molecular formula is C10H7Cl3N4O2S. The van der Waals surface area contributed by atoms with Crippen molar-refractivity contribution in [2.75, 3.05) is 11.9 Å². The fraction of sp³-hybridized carbons (Fsp3) is 0.200. The van der Waals surface area contributed by atoms with Crippen LogP contribution in [-0.2, 0) is 4.74 Å². The molecule has 0 atom stereocenters. The Labute approximate surface area is 133 Å². The number of aromatic nitrogens is 3. The van der Waals surface area contributed by atoms with Crippen molar-refractivity contribution in [3.63, 3.8) is 0 Å². The van der Waals surface area contributed by atoms with Gasteiger partial charge in [0.1, 0.15) is 11.6 Å². The molecule has 0 radical (unpaired) electrons. The third-order valence-electron chi connectivity index (χ3n) is 1.93. The van der Waals surface area contributed by atoms with E-state index in [1.807, 2.05) is 0 Å². The van der Waals surface area contributed by atoms with Crippen LogP contribution >= 0.6 is 46.1 Å². The van der Waals surface area contributed by atoms with Crippen molar-refractivity contribution in [1.29, 1.82) is 0 Å². The van der Waals surface area contributed by atoms with Crippen LogP contribution in [0.4, 0.5) is 9.93 Å². The van der Waals surface area contributed by atoms with Gasteiger partial charge in [-0.15, -0.1) is 10.2 Å². The highest BCUT2D eigenvalue weighted by molar-refractivity contribution is 7.18. The zero-order valence-electron chi connectivity index (χ0n) is 9.72. The van der Waals surface area contributed by atoms with Crippen molar-refractivity contribution in [3.05, 3.63) is 24.5 Å². The lowest BCUT2D eigenvalue weighted by Gasteiger charge is -2.10. The molecule has 2 heterocycles. The predicted molar refractivity (Wildman–Crippen MR) is 78.4 cm³/mol. The quantitative estimate of drug-likeness (QED) is 0.854. The van der Waals surface area contributed by atoms with Crippen molar-refractivity contribution in [2.24, 2.45) is 0 Å². The van der Waals surface area contributed by atoms with Crippen LogP contribution in [0.15, 0.2) is 24.5 Å². The van der Waals surface area contributed by atoms with E-state index in [1.165, 1.54) is 11.3 Å². The third kappa shape index (κ3) is 4.75. The lowest BCUT2D eigenvalue weighted by molar-refractivity contribution is 0.164. The first-order chi connectivity index (χ1) is 9.44. The van der Waals surface area contributed by atoms with Gasteiger partial charge in [-0.2, -0.15) is 0 Å². The fourth-order valence-electron chi connectivity index (χ4n) is 1.16. The Morgan fingerprint density at radius 3 is 2.65 bits per heavy atom. The molecule has 0 aliphatic carbocycles. The van der Waals surface area contributed by atoms with Crippen molar-refractivity contribution >= 4 is 57.4 Å². The Balaban J connectivity index is 1.95. The number of halogens is 3. The average molecular weight is 354 g/mol. The molecule has 1 amide bonds. The first-order valence-corrected chi connectivity index (χ1v) is 7.13. The van der Waals surface area contributed by atoms with Crippen molar-refractivity contribution in [3.8, 4) is 10.6 Å². The highest BCUT2D eigenvalue weighted by atomic mass is 35.6. The molecule has 0 saturated heterocycles. The highest BCUT2D eigenvalue weighted by Crippen LogP contribution is 2.27. The van der Waals surface area contributed by atoms with Gasteiger partial charge in [0.05, 0.1) is 0 Å². The van der Waals surface area contributed by atoms with E-state index in [4.69, 9.17) is 39.5 Å². The van der Waals surface area contributed by atoms with Crippen LogP contribution in [0.25, 0.3) is 10.6 Å². The maximum atomic E-state index is 11.4. The van der Waals surface area contributed by atoms with E-state index in [-0.39, 0.29) is 11.7 Å². The number of carbonyl (C=O) groups is 1. The molecule has 6 nitrogen and oxygen atoms in total. The molecule has 0 saturated carbocycles. The summed E-state index contributed by atoms with van der Waals surface area (Å²) in [6, 6.07) is 3.57. The molecule has 0 fully saturated rings. The third-order valence-corrected chi connectivity index (χ3v) is 3.14. The van der Waals surface area contributed by atoms with E-state index in [1.54, 1.807) is 24.5 Å². The first-order valence-electron chi connectivity index (χ1n) is 5.18. The minimum atomic E-state index is -1.65. The number of rotatable bonds is 3. The van der Waals surface area contributed by atoms with Crippen molar-refractivity contribution in [1.82, 2.24) is 15.2 Å². The van der Waals surface area contributed by atoms with Gasteiger partial charge in [0.2, 0.25) is 8.92 Å². The van der Waals surface area contributed by atoms with Gasteiger partial charge in [-0.05, 0) is 12.1 Å². The number of ether oxygens (including phenoxy) is 1. The maximum Gasteiger partial charge on any atom is 0.413 e. The SMILES string of the molecule is O=C(Nc1nnc(-c2ccncc2)s1)OCC(Cl)(Cl)Cl. The van der Waals surface area contributed by atoms with E-state index in [2.05, 4.69) is 20.5 Å². The monoisotopic (exact) mass is 352 g/mol. The van der Waals surface area contributed by atoms with Gasteiger partial charge in [0.25, 0.3) is 0 Å². The summed E-state index contributed by atoms with van der Waals surface area (Å²) in [4.78, 5) is 15.3. The van der Waals surface area contributed by atoms with Crippen molar-refractivity contribution in [2.45, 2.75) is 3.79 Å². The Morgan fingerprint density at radius 2 is 2.00 bits per heavy atom. The van der Waals surface area contributed by atoms with Gasteiger partial charge in [0, 0.05) is 18.0 Å². The summed E-state index contributed by atoms with van der Waals surface area (Å²) in [6.45, 7) is -0.362. The predicted octanol–water partition coefficient (Wildman–Crippen LogP) is 3.52. The summed E-state index contributed by atoms with van der Waals surface area (Å²) >= 11 is 17.6. The number of pyridine rings is 1. The summed E-state index contributed by atoms with van der Waals surface area (Å²) in [5.41, 5.74) is 0.847. The molecule has 106 valence electrons. The van der Waals surface area contributed by atoms with E-state index in [0.29, 0.717) is 5.01 Å². The van der Waals surface area contributed by atoms with Gasteiger partial charge < -0.3 is 4.74 Å². The second kappa shape index (κ2) is 6.53. The summed E-state index contributed by atoms with van der Waals surface area (Å²) in [6.07, 6.45) is 2.51. The smallest absolute Gasteiger partial charge is 0.413 e. The number of alkyl halides is 3. The Bertz CT molecular complexity index is 588. The molecule has 2 aromatic heterocycles. The van der Waals surface area contributed by atoms with Crippen LogP contribution in [0.1, 0.15) is 0 Å². The minimum absolute atomic E-state index is 0.283. The number of nitrogens with zero attached hydrogens (tertiary/aromatic N) is 3. The molecule has 0 aliphatic heterocycles. The molecule has 10 heteroatoms. The highest BCUT2D eigenvalue weighted by Gasteiger charge is 2.22. The van der Waals surface area contributed by atoms with E-state index in [0.717, 1.165) is 5.56 Å². The second-order valence-corrected chi connectivity index (χ2v) is 6.96. The number of anilines is 1. The van der Waals surface area contributed by atoms with Gasteiger partial charge >= 0.3 is 6.09 Å². The normalized spacial score (nSPS) is 11.2. The Hall–Kier alpha value is -1.15. The molecule has 1 N–H and O–H groups in total. The van der Waals surface area contributed by atoms with E-state index < -0.39 is 9.89 Å². The van der Waals surface area contributed by atoms with Crippen LogP contribution in [0.3, 0.4) is 0 Å². The van der Waals surface area contributed by atoms with Crippen molar-refractivity contribution < 1.29 is 9.53 Å². The van der Waals surface area contributed by atoms with E-state index in [9.17, 15) is 4.79 Å². The topological polar surface area (TPSA) is 77.0 Å². The van der Waals surface area contributed by atoms with Crippen LogP contribution in [0, 0.1) is 0 Å². The fourth-order valence-corrected chi connectivity index (χ4v) is 2.05. The Kier molecular flexibility index (Phi) is 4.98. The van der Waals surface area contributed by atoms with Gasteiger partial charge in [-0.25, -0.2) is 4.79 Å². The summed E-state index contributed by atoms with van der Waals surface area (Å²) < 4.78 is 3.06.